The molecule has 0 spiro atoms. The van der Waals surface area contributed by atoms with Crippen LogP contribution in [0.1, 0.15) is 0 Å². The second kappa shape index (κ2) is 8.53. The van der Waals surface area contributed by atoms with Gasteiger partial charge in [0, 0.05) is 51.4 Å². The largest absolute Gasteiger partial charge is 0.389 e. The minimum absolute atomic E-state index is 0.371. The highest BCUT2D eigenvalue weighted by molar-refractivity contribution is 7.13. The van der Waals surface area contributed by atoms with Crippen molar-refractivity contribution in [2.75, 3.05) is 64.6 Å². The third-order valence-corrected chi connectivity index (χ3v) is 4.11. The van der Waals surface area contributed by atoms with Crippen LogP contribution in [0.5, 0.6) is 0 Å². The molecule has 114 valence electrons. The molecule has 1 fully saturated rings. The smallest absolute Gasteiger partial charge is 0.185 e. The first-order valence-corrected chi connectivity index (χ1v) is 7.79. The van der Waals surface area contributed by atoms with Gasteiger partial charge in [0.2, 0.25) is 0 Å². The number of nitrogens with zero attached hydrogens (tertiary/aromatic N) is 3. The number of ether oxygens (including phenoxy) is 2. The van der Waals surface area contributed by atoms with Crippen molar-refractivity contribution in [1.29, 1.82) is 0 Å². The maximum atomic E-state index is 9.92. The lowest BCUT2D eigenvalue weighted by Crippen LogP contribution is -2.49. The molecule has 1 atom stereocenters. The predicted molar refractivity (Wildman–Crippen MR) is 79.5 cm³/mol. The van der Waals surface area contributed by atoms with Crippen molar-refractivity contribution in [2.24, 2.45) is 0 Å². The third kappa shape index (κ3) is 4.99. The molecule has 6 nitrogen and oxygen atoms in total. The molecule has 1 aromatic heterocycles. The van der Waals surface area contributed by atoms with Gasteiger partial charge in [-0.15, -0.1) is 11.3 Å². The number of piperazine rings is 1. The van der Waals surface area contributed by atoms with Crippen molar-refractivity contribution in [3.05, 3.63) is 11.6 Å². The summed E-state index contributed by atoms with van der Waals surface area (Å²) >= 11 is 1.68. The zero-order chi connectivity index (χ0) is 14.2. The van der Waals surface area contributed by atoms with Crippen LogP contribution in [0.15, 0.2) is 11.6 Å². The number of aliphatic hydroxyl groups is 1. The number of rotatable bonds is 8. The fourth-order valence-corrected chi connectivity index (χ4v) is 2.90. The minimum Gasteiger partial charge on any atom is -0.389 e. The standard InChI is InChI=1S/C13H23N3O3S/c1-18-7-8-19-11-12(17)10-15-3-5-16(6-4-15)13-14-2-9-20-13/h2,9,12,17H,3-8,10-11H2,1H3. The zero-order valence-corrected chi connectivity index (χ0v) is 12.7. The van der Waals surface area contributed by atoms with E-state index in [2.05, 4.69) is 14.8 Å². The Bertz CT molecular complexity index is 356. The highest BCUT2D eigenvalue weighted by Crippen LogP contribution is 2.18. The summed E-state index contributed by atoms with van der Waals surface area (Å²) in [7, 11) is 1.64. The first-order valence-electron chi connectivity index (χ1n) is 6.91. The summed E-state index contributed by atoms with van der Waals surface area (Å²) in [5.41, 5.74) is 0. The van der Waals surface area contributed by atoms with Crippen LogP contribution < -0.4 is 4.90 Å². The van der Waals surface area contributed by atoms with E-state index in [-0.39, 0.29) is 0 Å². The van der Waals surface area contributed by atoms with Crippen LogP contribution in [-0.2, 0) is 9.47 Å². The molecule has 1 N–H and O–H groups in total. The lowest BCUT2D eigenvalue weighted by Gasteiger charge is -2.35. The molecule has 1 aromatic rings. The van der Waals surface area contributed by atoms with Crippen LogP contribution in [0, 0.1) is 0 Å². The number of β-amino-alcohol motifs (C(OH)–C–C–N with tert-alkyl or cyclic N) is 1. The molecule has 0 saturated carbocycles. The molecule has 0 radical (unpaired) electrons. The van der Waals surface area contributed by atoms with Crippen LogP contribution in [0.25, 0.3) is 0 Å². The van der Waals surface area contributed by atoms with Gasteiger partial charge in [-0.3, -0.25) is 4.90 Å². The normalized spacial score (nSPS) is 18.4. The number of methoxy groups -OCH3 is 1. The molecule has 0 aromatic carbocycles. The van der Waals surface area contributed by atoms with Crippen LogP contribution in [0.2, 0.25) is 0 Å². The first kappa shape index (κ1) is 15.7. The Morgan fingerprint density at radius 3 is 2.80 bits per heavy atom. The van der Waals surface area contributed by atoms with Gasteiger partial charge in [0.15, 0.2) is 5.13 Å². The van der Waals surface area contributed by atoms with Crippen molar-refractivity contribution >= 4 is 16.5 Å². The van der Waals surface area contributed by atoms with E-state index in [1.807, 2.05) is 11.6 Å². The summed E-state index contributed by atoms with van der Waals surface area (Å²) in [6.45, 7) is 5.97. The SMILES string of the molecule is COCCOCC(O)CN1CCN(c2nccs2)CC1. The van der Waals surface area contributed by atoms with E-state index < -0.39 is 6.10 Å². The van der Waals surface area contributed by atoms with Crippen molar-refractivity contribution in [1.82, 2.24) is 9.88 Å². The maximum absolute atomic E-state index is 9.92. The van der Waals surface area contributed by atoms with Gasteiger partial charge >= 0.3 is 0 Å². The number of aromatic nitrogens is 1. The maximum Gasteiger partial charge on any atom is 0.185 e. The third-order valence-electron chi connectivity index (χ3n) is 3.27. The second-order valence-electron chi connectivity index (χ2n) is 4.82. The summed E-state index contributed by atoms with van der Waals surface area (Å²) in [4.78, 5) is 8.90. The van der Waals surface area contributed by atoms with E-state index in [0.29, 0.717) is 26.4 Å². The molecule has 1 saturated heterocycles. The molecule has 1 aliphatic heterocycles. The van der Waals surface area contributed by atoms with Crippen molar-refractivity contribution in [3.8, 4) is 0 Å². The number of hydrogen-bond acceptors (Lipinski definition) is 7. The fraction of sp³-hybridized carbons (Fsp3) is 0.769. The lowest BCUT2D eigenvalue weighted by atomic mass is 10.3. The minimum atomic E-state index is -0.432. The van der Waals surface area contributed by atoms with Gasteiger partial charge < -0.3 is 19.5 Å². The van der Waals surface area contributed by atoms with E-state index in [0.717, 1.165) is 31.3 Å². The average Bonchev–Trinajstić information content (AvgIpc) is 2.99. The monoisotopic (exact) mass is 301 g/mol. The number of anilines is 1. The van der Waals surface area contributed by atoms with Gasteiger partial charge in [-0.2, -0.15) is 0 Å². The molecule has 20 heavy (non-hydrogen) atoms. The lowest BCUT2D eigenvalue weighted by molar-refractivity contribution is -0.00108. The van der Waals surface area contributed by atoms with Crippen LogP contribution in [0.4, 0.5) is 5.13 Å². The quantitative estimate of drug-likeness (QED) is 0.697. The molecule has 1 aliphatic rings. The molecule has 2 rings (SSSR count). The van der Waals surface area contributed by atoms with Crippen molar-refractivity contribution in [2.45, 2.75) is 6.10 Å². The van der Waals surface area contributed by atoms with Gasteiger partial charge in [0.05, 0.1) is 25.9 Å². The molecule has 1 unspecified atom stereocenters. The fourth-order valence-electron chi connectivity index (χ4n) is 2.21. The van der Waals surface area contributed by atoms with Crippen molar-refractivity contribution < 1.29 is 14.6 Å². The molecule has 7 heteroatoms. The highest BCUT2D eigenvalue weighted by Gasteiger charge is 2.20. The van der Waals surface area contributed by atoms with Gasteiger partial charge in [0.25, 0.3) is 0 Å². The molecule has 0 amide bonds. The summed E-state index contributed by atoms with van der Waals surface area (Å²) in [6, 6.07) is 0. The van der Waals surface area contributed by atoms with Crippen LogP contribution >= 0.6 is 11.3 Å². The summed E-state index contributed by atoms with van der Waals surface area (Å²) < 4.78 is 10.2. The van der Waals surface area contributed by atoms with Crippen LogP contribution in [-0.4, -0.2) is 80.7 Å². The predicted octanol–water partition coefficient (Wildman–Crippen LogP) is 0.289. The van der Waals surface area contributed by atoms with Gasteiger partial charge in [-0.1, -0.05) is 0 Å². The van der Waals surface area contributed by atoms with E-state index in [9.17, 15) is 5.11 Å². The Balaban J connectivity index is 1.61. The van der Waals surface area contributed by atoms with Crippen LogP contribution in [0.3, 0.4) is 0 Å². The van der Waals surface area contributed by atoms with E-state index in [1.54, 1.807) is 18.4 Å². The Hall–Kier alpha value is -0.730. The molecular weight excluding hydrogens is 278 g/mol. The van der Waals surface area contributed by atoms with E-state index >= 15 is 0 Å². The van der Waals surface area contributed by atoms with Crippen molar-refractivity contribution in [3.63, 3.8) is 0 Å². The second-order valence-corrected chi connectivity index (χ2v) is 5.70. The summed E-state index contributed by atoms with van der Waals surface area (Å²) in [5.74, 6) is 0. The number of thiazole rings is 1. The topological polar surface area (TPSA) is 58.1 Å². The first-order chi connectivity index (χ1) is 9.79. The Labute approximate surface area is 123 Å². The summed E-state index contributed by atoms with van der Waals surface area (Å²) in [5, 5.41) is 13.0. The van der Waals surface area contributed by atoms with Gasteiger partial charge in [-0.25, -0.2) is 4.98 Å². The Morgan fingerprint density at radius 1 is 1.35 bits per heavy atom. The highest BCUT2D eigenvalue weighted by atomic mass is 32.1. The average molecular weight is 301 g/mol. The Morgan fingerprint density at radius 2 is 2.15 bits per heavy atom. The number of aliphatic hydroxyl groups excluding tert-OH is 1. The molecule has 0 bridgehead atoms. The molecular formula is C13H23N3O3S. The number of hydrogen-bond donors (Lipinski definition) is 1. The van der Waals surface area contributed by atoms with Gasteiger partial charge in [-0.05, 0) is 0 Å². The molecule has 2 heterocycles. The van der Waals surface area contributed by atoms with E-state index in [1.165, 1.54) is 0 Å². The zero-order valence-electron chi connectivity index (χ0n) is 11.9. The summed E-state index contributed by atoms with van der Waals surface area (Å²) in [6.07, 6.45) is 1.41. The Kier molecular flexibility index (Phi) is 6.68. The van der Waals surface area contributed by atoms with E-state index in [4.69, 9.17) is 9.47 Å². The van der Waals surface area contributed by atoms with Gasteiger partial charge in [0.1, 0.15) is 0 Å². The molecule has 0 aliphatic carbocycles.